The Bertz CT molecular complexity index is 831. The summed E-state index contributed by atoms with van der Waals surface area (Å²) in [7, 11) is 0. The second-order valence-electron chi connectivity index (χ2n) is 8.49. The lowest BCUT2D eigenvalue weighted by Gasteiger charge is -2.15. The van der Waals surface area contributed by atoms with Gasteiger partial charge >= 0.3 is 5.97 Å². The number of aromatic nitrogens is 2. The van der Waals surface area contributed by atoms with Crippen LogP contribution in [0, 0.1) is 5.92 Å². The lowest BCUT2D eigenvalue weighted by Crippen LogP contribution is -2.21. The summed E-state index contributed by atoms with van der Waals surface area (Å²) in [6.07, 6.45) is 20.1. The van der Waals surface area contributed by atoms with E-state index in [2.05, 4.69) is 23.0 Å². The van der Waals surface area contributed by atoms with Crippen LogP contribution in [0.25, 0.3) is 11.4 Å². The molecule has 0 spiro atoms. The SMILES string of the molecule is CCCCCCCCCCOc1ccc(-c2ncc(OC(=O)C3CC=CCC3)cn2)cc1. The van der Waals surface area contributed by atoms with E-state index in [1.807, 2.05) is 30.3 Å². The number of unbranched alkanes of at least 4 members (excludes halogenated alkanes) is 7. The third-order valence-electron chi connectivity index (χ3n) is 5.83. The van der Waals surface area contributed by atoms with Gasteiger partial charge < -0.3 is 9.47 Å². The van der Waals surface area contributed by atoms with Gasteiger partial charge in [0.2, 0.25) is 0 Å². The fourth-order valence-corrected chi connectivity index (χ4v) is 3.85. The van der Waals surface area contributed by atoms with Crippen LogP contribution in [-0.2, 0) is 4.79 Å². The number of hydrogen-bond acceptors (Lipinski definition) is 5. The van der Waals surface area contributed by atoms with Crippen molar-refractivity contribution >= 4 is 5.97 Å². The molecule has 1 unspecified atom stereocenters. The van der Waals surface area contributed by atoms with Crippen LogP contribution < -0.4 is 9.47 Å². The minimum Gasteiger partial charge on any atom is -0.494 e. The van der Waals surface area contributed by atoms with Crippen molar-refractivity contribution in [2.24, 2.45) is 5.92 Å². The summed E-state index contributed by atoms with van der Waals surface area (Å²) in [4.78, 5) is 20.9. The Hall–Kier alpha value is -2.69. The van der Waals surface area contributed by atoms with Gasteiger partial charge in [-0.3, -0.25) is 4.79 Å². The molecule has 1 aliphatic carbocycles. The van der Waals surface area contributed by atoms with Gasteiger partial charge in [0.05, 0.1) is 24.9 Å². The topological polar surface area (TPSA) is 61.3 Å². The Kier molecular flexibility index (Phi) is 10.2. The maximum absolute atomic E-state index is 12.2. The summed E-state index contributed by atoms with van der Waals surface area (Å²) in [5, 5.41) is 0. The number of allylic oxidation sites excluding steroid dienone is 2. The van der Waals surface area contributed by atoms with Crippen molar-refractivity contribution in [3.8, 4) is 22.9 Å². The molecule has 0 saturated carbocycles. The zero-order valence-electron chi connectivity index (χ0n) is 19.3. The molecule has 0 radical (unpaired) electrons. The monoisotopic (exact) mass is 436 g/mol. The minimum absolute atomic E-state index is 0.0713. The van der Waals surface area contributed by atoms with E-state index in [1.165, 1.54) is 44.9 Å². The van der Waals surface area contributed by atoms with Crippen LogP contribution in [0.4, 0.5) is 0 Å². The summed E-state index contributed by atoms with van der Waals surface area (Å²) in [5.74, 6) is 1.57. The first-order valence-electron chi connectivity index (χ1n) is 12.2. The van der Waals surface area contributed by atoms with Gasteiger partial charge in [0.15, 0.2) is 11.6 Å². The molecule has 32 heavy (non-hydrogen) atoms. The average molecular weight is 437 g/mol. The number of benzene rings is 1. The normalized spacial score (nSPS) is 15.5. The van der Waals surface area contributed by atoms with Gasteiger partial charge in [-0.1, -0.05) is 64.0 Å². The van der Waals surface area contributed by atoms with Crippen LogP contribution in [0.1, 0.15) is 77.6 Å². The Morgan fingerprint density at radius 1 is 0.906 bits per heavy atom. The van der Waals surface area contributed by atoms with E-state index < -0.39 is 0 Å². The van der Waals surface area contributed by atoms with Gasteiger partial charge in [-0.2, -0.15) is 0 Å². The molecule has 0 N–H and O–H groups in total. The highest BCUT2D eigenvalue weighted by Gasteiger charge is 2.21. The van der Waals surface area contributed by atoms with Crippen molar-refractivity contribution < 1.29 is 14.3 Å². The van der Waals surface area contributed by atoms with Crippen molar-refractivity contribution in [2.45, 2.75) is 77.6 Å². The zero-order chi connectivity index (χ0) is 22.4. The molecule has 0 aliphatic heterocycles. The summed E-state index contributed by atoms with van der Waals surface area (Å²) in [6.45, 7) is 3.00. The number of carbonyl (C=O) groups excluding carboxylic acids is 1. The highest BCUT2D eigenvalue weighted by Crippen LogP contribution is 2.23. The fourth-order valence-electron chi connectivity index (χ4n) is 3.85. The number of rotatable bonds is 13. The van der Waals surface area contributed by atoms with Crippen LogP contribution in [0.3, 0.4) is 0 Å². The molecule has 3 rings (SSSR count). The highest BCUT2D eigenvalue weighted by molar-refractivity contribution is 5.75. The molecular formula is C27H36N2O3. The molecule has 0 saturated heterocycles. The third kappa shape index (κ3) is 8.10. The van der Waals surface area contributed by atoms with Gasteiger partial charge in [-0.25, -0.2) is 9.97 Å². The average Bonchev–Trinajstić information content (AvgIpc) is 2.84. The Labute approximate surface area is 192 Å². The first kappa shape index (κ1) is 24.0. The van der Waals surface area contributed by atoms with Crippen molar-refractivity contribution in [3.05, 3.63) is 48.8 Å². The first-order valence-corrected chi connectivity index (χ1v) is 12.2. The van der Waals surface area contributed by atoms with E-state index in [1.54, 1.807) is 12.4 Å². The number of ether oxygens (including phenoxy) is 2. The van der Waals surface area contributed by atoms with Crippen LogP contribution in [-0.4, -0.2) is 22.5 Å². The summed E-state index contributed by atoms with van der Waals surface area (Å²) in [5.41, 5.74) is 0.903. The number of hydrogen-bond donors (Lipinski definition) is 0. The van der Waals surface area contributed by atoms with Crippen LogP contribution in [0.5, 0.6) is 11.5 Å². The van der Waals surface area contributed by atoms with Gasteiger partial charge in [0.25, 0.3) is 0 Å². The van der Waals surface area contributed by atoms with Crippen molar-refractivity contribution in [1.29, 1.82) is 0 Å². The first-order chi connectivity index (χ1) is 15.8. The lowest BCUT2D eigenvalue weighted by atomic mass is 9.95. The predicted molar refractivity (Wildman–Crippen MR) is 128 cm³/mol. The molecule has 0 fully saturated rings. The van der Waals surface area contributed by atoms with Gasteiger partial charge in [0, 0.05) is 5.56 Å². The third-order valence-corrected chi connectivity index (χ3v) is 5.83. The number of carbonyl (C=O) groups is 1. The quantitative estimate of drug-likeness (QED) is 0.194. The second-order valence-corrected chi connectivity index (χ2v) is 8.49. The van der Waals surface area contributed by atoms with Crippen LogP contribution in [0.15, 0.2) is 48.8 Å². The van der Waals surface area contributed by atoms with Gasteiger partial charge in [0.1, 0.15) is 5.75 Å². The molecule has 1 aromatic carbocycles. The van der Waals surface area contributed by atoms with E-state index >= 15 is 0 Å². The molecule has 0 amide bonds. The maximum Gasteiger partial charge on any atom is 0.314 e. The Balaban J connectivity index is 1.38. The van der Waals surface area contributed by atoms with E-state index in [-0.39, 0.29) is 11.9 Å². The standard InChI is InChI=1S/C27H36N2O3/c1-2-3-4-5-6-7-8-12-19-31-24-17-15-22(16-18-24)26-28-20-25(21-29-26)32-27(30)23-13-10-9-11-14-23/h9-10,15-18,20-21,23H,2-8,11-14,19H2,1H3. The molecule has 1 atom stereocenters. The molecule has 172 valence electrons. The molecule has 2 aromatic rings. The van der Waals surface area contributed by atoms with Crippen molar-refractivity contribution in [3.63, 3.8) is 0 Å². The zero-order valence-corrected chi connectivity index (χ0v) is 19.3. The summed E-state index contributed by atoms with van der Waals surface area (Å²) >= 11 is 0. The largest absolute Gasteiger partial charge is 0.494 e. The Morgan fingerprint density at radius 2 is 1.59 bits per heavy atom. The minimum atomic E-state index is -0.205. The maximum atomic E-state index is 12.2. The van der Waals surface area contributed by atoms with E-state index in [9.17, 15) is 4.79 Å². The smallest absolute Gasteiger partial charge is 0.314 e. The number of esters is 1. The summed E-state index contributed by atoms with van der Waals surface area (Å²) < 4.78 is 11.3. The molecule has 0 bridgehead atoms. The van der Waals surface area contributed by atoms with E-state index in [0.717, 1.165) is 43.6 Å². The molecule has 1 heterocycles. The van der Waals surface area contributed by atoms with Gasteiger partial charge in [-0.05, 0) is 49.9 Å². The second kappa shape index (κ2) is 13.7. The Morgan fingerprint density at radius 3 is 2.25 bits per heavy atom. The molecule has 5 heteroatoms. The van der Waals surface area contributed by atoms with Crippen LogP contribution >= 0.6 is 0 Å². The van der Waals surface area contributed by atoms with E-state index in [0.29, 0.717) is 11.6 Å². The number of nitrogens with zero attached hydrogens (tertiary/aromatic N) is 2. The van der Waals surface area contributed by atoms with Gasteiger partial charge in [-0.15, -0.1) is 0 Å². The summed E-state index contributed by atoms with van der Waals surface area (Å²) in [6, 6.07) is 7.82. The highest BCUT2D eigenvalue weighted by atomic mass is 16.5. The molecule has 1 aliphatic rings. The predicted octanol–water partition coefficient (Wildman–Crippen LogP) is 6.92. The van der Waals surface area contributed by atoms with Crippen molar-refractivity contribution in [2.75, 3.05) is 6.61 Å². The fraction of sp³-hybridized carbons (Fsp3) is 0.519. The molecule has 5 nitrogen and oxygen atoms in total. The van der Waals surface area contributed by atoms with Crippen molar-refractivity contribution in [1.82, 2.24) is 9.97 Å². The molecular weight excluding hydrogens is 400 g/mol. The van der Waals surface area contributed by atoms with E-state index in [4.69, 9.17) is 9.47 Å². The molecule has 1 aromatic heterocycles. The van der Waals surface area contributed by atoms with Crippen LogP contribution in [0.2, 0.25) is 0 Å². The lowest BCUT2D eigenvalue weighted by molar-refractivity contribution is -0.139.